The molecule has 3 nitrogen and oxygen atoms in total. The quantitative estimate of drug-likeness (QED) is 0.696. The van der Waals surface area contributed by atoms with E-state index in [-0.39, 0.29) is 0 Å². The fourth-order valence-electron chi connectivity index (χ4n) is 2.12. The molecule has 0 atom stereocenters. The van der Waals surface area contributed by atoms with Crippen LogP contribution in [0.4, 0.5) is 0 Å². The van der Waals surface area contributed by atoms with Gasteiger partial charge in [0.2, 0.25) is 0 Å². The van der Waals surface area contributed by atoms with E-state index in [0.717, 1.165) is 22.2 Å². The Morgan fingerprint density at radius 3 is 2.67 bits per heavy atom. The highest BCUT2D eigenvalue weighted by molar-refractivity contribution is 5.76. The lowest BCUT2D eigenvalue weighted by Crippen LogP contribution is -1.99. The van der Waals surface area contributed by atoms with Gasteiger partial charge >= 0.3 is 0 Å². The Bertz CT molecular complexity index is 686. The minimum absolute atomic E-state index is 0.630. The summed E-state index contributed by atoms with van der Waals surface area (Å²) in [7, 11) is 0. The molecule has 2 aromatic carbocycles. The van der Waals surface area contributed by atoms with Gasteiger partial charge < -0.3 is 5.21 Å². The van der Waals surface area contributed by atoms with Crippen LogP contribution in [0.3, 0.4) is 0 Å². The molecule has 0 fully saturated rings. The van der Waals surface area contributed by atoms with Crippen LogP contribution in [0, 0.1) is 6.92 Å². The van der Waals surface area contributed by atoms with Gasteiger partial charge in [0.25, 0.3) is 0 Å². The molecule has 0 unspecified atom stereocenters. The van der Waals surface area contributed by atoms with Gasteiger partial charge in [-0.05, 0) is 30.2 Å². The third kappa shape index (κ3) is 1.84. The van der Waals surface area contributed by atoms with Crippen molar-refractivity contribution in [2.75, 3.05) is 0 Å². The second kappa shape index (κ2) is 4.18. The van der Waals surface area contributed by atoms with Crippen molar-refractivity contribution in [3.8, 4) is 0 Å². The Labute approximate surface area is 105 Å². The van der Waals surface area contributed by atoms with Gasteiger partial charge in [0, 0.05) is 6.42 Å². The number of benzene rings is 2. The van der Waals surface area contributed by atoms with E-state index in [4.69, 9.17) is 0 Å². The average Bonchev–Trinajstić information content (AvgIpc) is 2.67. The van der Waals surface area contributed by atoms with Crippen LogP contribution < -0.4 is 0 Å². The molecule has 0 aliphatic carbocycles. The van der Waals surface area contributed by atoms with Gasteiger partial charge in [-0.1, -0.05) is 36.4 Å². The summed E-state index contributed by atoms with van der Waals surface area (Å²) in [5, 5.41) is 10.1. The standard InChI is InChI=1S/C15H14N2O/c1-11-7-8-14-13(9-11)16-15(17(14)18)10-12-5-3-2-4-6-12/h2-9,18H,10H2,1H3. The van der Waals surface area contributed by atoms with Gasteiger partial charge in [0.05, 0.1) is 5.52 Å². The van der Waals surface area contributed by atoms with Gasteiger partial charge in [-0.25, -0.2) is 4.98 Å². The number of imidazole rings is 1. The lowest BCUT2D eigenvalue weighted by molar-refractivity contribution is 0.189. The van der Waals surface area contributed by atoms with E-state index in [2.05, 4.69) is 4.98 Å². The zero-order valence-electron chi connectivity index (χ0n) is 10.2. The second-order valence-corrected chi connectivity index (χ2v) is 4.49. The van der Waals surface area contributed by atoms with Crippen LogP contribution in [0.5, 0.6) is 0 Å². The highest BCUT2D eigenvalue weighted by atomic mass is 16.5. The van der Waals surface area contributed by atoms with Crippen LogP contribution in [0.1, 0.15) is 17.0 Å². The first kappa shape index (κ1) is 10.8. The summed E-state index contributed by atoms with van der Waals surface area (Å²) in [4.78, 5) is 4.48. The molecule has 3 heteroatoms. The molecule has 0 aliphatic rings. The molecule has 0 spiro atoms. The molecule has 1 N–H and O–H groups in total. The van der Waals surface area contributed by atoms with Crippen LogP contribution in [0.25, 0.3) is 11.0 Å². The van der Waals surface area contributed by atoms with Gasteiger partial charge in [-0.15, -0.1) is 0 Å². The molecular weight excluding hydrogens is 224 g/mol. The van der Waals surface area contributed by atoms with E-state index in [0.29, 0.717) is 12.2 Å². The summed E-state index contributed by atoms with van der Waals surface area (Å²) in [5.41, 5.74) is 3.88. The fraction of sp³-hybridized carbons (Fsp3) is 0.133. The summed E-state index contributed by atoms with van der Waals surface area (Å²) < 4.78 is 1.18. The number of fused-ring (bicyclic) bond motifs is 1. The van der Waals surface area contributed by atoms with Crippen molar-refractivity contribution in [3.05, 3.63) is 65.5 Å². The van der Waals surface area contributed by atoms with E-state index in [1.54, 1.807) is 0 Å². The molecule has 0 bridgehead atoms. The zero-order valence-corrected chi connectivity index (χ0v) is 10.2. The van der Waals surface area contributed by atoms with Crippen molar-refractivity contribution in [2.45, 2.75) is 13.3 Å². The number of rotatable bonds is 2. The third-order valence-corrected chi connectivity index (χ3v) is 3.06. The molecule has 3 rings (SSSR count). The lowest BCUT2D eigenvalue weighted by Gasteiger charge is -2.01. The van der Waals surface area contributed by atoms with Crippen LogP contribution in [-0.2, 0) is 6.42 Å². The molecule has 0 amide bonds. The molecule has 18 heavy (non-hydrogen) atoms. The maximum absolute atomic E-state index is 10.1. The molecular formula is C15H14N2O. The van der Waals surface area contributed by atoms with Crippen molar-refractivity contribution in [3.63, 3.8) is 0 Å². The first-order valence-electron chi connectivity index (χ1n) is 5.95. The Balaban J connectivity index is 2.05. The minimum Gasteiger partial charge on any atom is -0.427 e. The van der Waals surface area contributed by atoms with E-state index < -0.39 is 0 Å². The molecule has 0 saturated heterocycles. The maximum atomic E-state index is 10.1. The Morgan fingerprint density at radius 1 is 1.11 bits per heavy atom. The zero-order chi connectivity index (χ0) is 12.5. The molecule has 1 aromatic heterocycles. The first-order chi connectivity index (χ1) is 8.74. The van der Waals surface area contributed by atoms with Gasteiger partial charge in [0.15, 0.2) is 0 Å². The molecule has 1 heterocycles. The number of aromatic nitrogens is 2. The maximum Gasteiger partial charge on any atom is 0.150 e. The topological polar surface area (TPSA) is 38.0 Å². The SMILES string of the molecule is Cc1ccc2c(c1)nc(Cc1ccccc1)n2O. The first-order valence-corrected chi connectivity index (χ1v) is 5.95. The Kier molecular flexibility index (Phi) is 2.52. The van der Waals surface area contributed by atoms with E-state index >= 15 is 0 Å². The summed E-state index contributed by atoms with van der Waals surface area (Å²) in [6.45, 7) is 2.02. The van der Waals surface area contributed by atoms with Crippen molar-refractivity contribution in [1.29, 1.82) is 0 Å². The smallest absolute Gasteiger partial charge is 0.150 e. The predicted molar refractivity (Wildman–Crippen MR) is 70.9 cm³/mol. The van der Waals surface area contributed by atoms with Gasteiger partial charge in [-0.3, -0.25) is 0 Å². The Morgan fingerprint density at radius 2 is 1.89 bits per heavy atom. The van der Waals surface area contributed by atoms with Crippen LogP contribution in [0.2, 0.25) is 0 Å². The summed E-state index contributed by atoms with van der Waals surface area (Å²) in [5.74, 6) is 0.668. The lowest BCUT2D eigenvalue weighted by atomic mass is 10.1. The molecule has 0 radical (unpaired) electrons. The summed E-state index contributed by atoms with van der Waals surface area (Å²) in [6, 6.07) is 15.9. The van der Waals surface area contributed by atoms with Crippen molar-refractivity contribution in [1.82, 2.24) is 9.71 Å². The van der Waals surface area contributed by atoms with E-state index in [1.165, 1.54) is 4.73 Å². The largest absolute Gasteiger partial charge is 0.427 e. The fourth-order valence-corrected chi connectivity index (χ4v) is 2.12. The molecule has 0 aliphatic heterocycles. The molecule has 90 valence electrons. The van der Waals surface area contributed by atoms with Gasteiger partial charge in [-0.2, -0.15) is 4.73 Å². The van der Waals surface area contributed by atoms with Crippen LogP contribution in [0.15, 0.2) is 48.5 Å². The van der Waals surface area contributed by atoms with E-state index in [9.17, 15) is 5.21 Å². The third-order valence-electron chi connectivity index (χ3n) is 3.06. The summed E-state index contributed by atoms with van der Waals surface area (Å²) in [6.07, 6.45) is 0.630. The monoisotopic (exact) mass is 238 g/mol. The predicted octanol–water partition coefficient (Wildman–Crippen LogP) is 3.17. The van der Waals surface area contributed by atoms with Crippen molar-refractivity contribution in [2.24, 2.45) is 0 Å². The van der Waals surface area contributed by atoms with Crippen LogP contribution in [-0.4, -0.2) is 14.9 Å². The van der Waals surface area contributed by atoms with Crippen molar-refractivity contribution < 1.29 is 5.21 Å². The van der Waals surface area contributed by atoms with Crippen molar-refractivity contribution >= 4 is 11.0 Å². The minimum atomic E-state index is 0.630. The highest BCUT2D eigenvalue weighted by Gasteiger charge is 2.10. The van der Waals surface area contributed by atoms with Crippen LogP contribution >= 0.6 is 0 Å². The average molecular weight is 238 g/mol. The number of nitrogens with zero attached hydrogens (tertiary/aromatic N) is 2. The van der Waals surface area contributed by atoms with E-state index in [1.807, 2.05) is 55.5 Å². The van der Waals surface area contributed by atoms with Gasteiger partial charge in [0.1, 0.15) is 11.3 Å². The highest BCUT2D eigenvalue weighted by Crippen LogP contribution is 2.18. The number of hydrogen-bond donors (Lipinski definition) is 1. The molecule has 0 saturated carbocycles. The Hall–Kier alpha value is -2.29. The molecule has 3 aromatic rings. The normalized spacial score (nSPS) is 10.9. The number of hydrogen-bond acceptors (Lipinski definition) is 2. The second-order valence-electron chi connectivity index (χ2n) is 4.49. The summed E-state index contributed by atoms with van der Waals surface area (Å²) >= 11 is 0. The number of aryl methyl sites for hydroxylation is 1.